The number of carbonyl (C=O) groups is 2. The van der Waals surface area contributed by atoms with Gasteiger partial charge in [0.15, 0.2) is 0 Å². The lowest BCUT2D eigenvalue weighted by Crippen LogP contribution is -2.29. The zero-order valence-electron chi connectivity index (χ0n) is 18.3. The second-order valence-corrected chi connectivity index (χ2v) is 7.78. The van der Waals surface area contributed by atoms with Gasteiger partial charge in [-0.15, -0.1) is 0 Å². The largest absolute Gasteiger partial charge is 0.507 e. The molecule has 1 fully saturated rings. The zero-order chi connectivity index (χ0) is 22.8. The number of nitrogens with zero attached hydrogens (tertiary/aromatic N) is 1. The zero-order valence-corrected chi connectivity index (χ0v) is 18.3. The van der Waals surface area contributed by atoms with Crippen molar-refractivity contribution in [3.05, 3.63) is 88.9 Å². The fraction of sp³-hybridized carbons (Fsp3) is 0.231. The van der Waals surface area contributed by atoms with Gasteiger partial charge in [-0.25, -0.2) is 0 Å². The van der Waals surface area contributed by atoms with Crippen molar-refractivity contribution in [3.63, 3.8) is 0 Å². The fourth-order valence-electron chi connectivity index (χ4n) is 3.89. The van der Waals surface area contributed by atoms with Crippen molar-refractivity contribution in [2.45, 2.75) is 33.2 Å². The molecule has 4 rings (SSSR count). The van der Waals surface area contributed by atoms with Gasteiger partial charge in [0.05, 0.1) is 12.2 Å². The van der Waals surface area contributed by atoms with Gasteiger partial charge in [-0.05, 0) is 56.2 Å². The van der Waals surface area contributed by atoms with Gasteiger partial charge in [-0.3, -0.25) is 14.5 Å². The highest BCUT2D eigenvalue weighted by Crippen LogP contribution is 2.43. The highest BCUT2D eigenvalue weighted by molar-refractivity contribution is 6.51. The van der Waals surface area contributed by atoms with Crippen LogP contribution in [0.25, 0.3) is 5.76 Å². The van der Waals surface area contributed by atoms with E-state index < -0.39 is 17.7 Å². The number of hydrogen-bond acceptors (Lipinski definition) is 5. The molecule has 0 aliphatic carbocycles. The van der Waals surface area contributed by atoms with Crippen LogP contribution in [0.1, 0.15) is 42.0 Å². The Morgan fingerprint density at radius 1 is 1.06 bits per heavy atom. The Labute approximate surface area is 186 Å². The molecule has 0 bridgehead atoms. The van der Waals surface area contributed by atoms with Crippen LogP contribution >= 0.6 is 0 Å². The maximum atomic E-state index is 13.2. The van der Waals surface area contributed by atoms with Gasteiger partial charge < -0.3 is 14.3 Å². The summed E-state index contributed by atoms with van der Waals surface area (Å²) in [6, 6.07) is 16.8. The molecule has 1 unspecified atom stereocenters. The summed E-state index contributed by atoms with van der Waals surface area (Å²) in [5.41, 5.74) is 1.81. The van der Waals surface area contributed by atoms with E-state index in [9.17, 15) is 14.7 Å². The highest BCUT2D eigenvalue weighted by atomic mass is 16.5. The van der Waals surface area contributed by atoms with E-state index in [4.69, 9.17) is 9.15 Å². The topological polar surface area (TPSA) is 80.0 Å². The van der Waals surface area contributed by atoms with Crippen LogP contribution in [0, 0.1) is 13.8 Å². The normalized spacial score (nSPS) is 17.7. The Hall–Kier alpha value is -3.80. The number of aryl methyl sites for hydroxylation is 2. The molecule has 1 amide bonds. The molecule has 1 aliphatic heterocycles. The Bertz CT molecular complexity index is 1210. The second kappa shape index (κ2) is 8.75. The van der Waals surface area contributed by atoms with Crippen molar-refractivity contribution in [1.82, 2.24) is 0 Å². The predicted molar refractivity (Wildman–Crippen MR) is 122 cm³/mol. The van der Waals surface area contributed by atoms with E-state index in [-0.39, 0.29) is 11.3 Å². The van der Waals surface area contributed by atoms with Gasteiger partial charge in [0.1, 0.15) is 29.1 Å². The van der Waals surface area contributed by atoms with Crippen LogP contribution in [0.2, 0.25) is 0 Å². The molecule has 0 saturated carbocycles. The predicted octanol–water partition coefficient (Wildman–Crippen LogP) is 5.31. The number of aliphatic hydroxyl groups is 1. The third kappa shape index (κ3) is 3.80. The van der Waals surface area contributed by atoms with Gasteiger partial charge in [-0.1, -0.05) is 37.3 Å². The average Bonchev–Trinajstić information content (AvgIpc) is 3.33. The summed E-state index contributed by atoms with van der Waals surface area (Å²) in [5.74, 6) is -0.104. The van der Waals surface area contributed by atoms with E-state index in [1.54, 1.807) is 55.5 Å². The van der Waals surface area contributed by atoms with Crippen molar-refractivity contribution < 1.29 is 23.8 Å². The molecule has 1 aromatic heterocycles. The number of carbonyl (C=O) groups excluding carboxylic acids is 2. The van der Waals surface area contributed by atoms with Crippen molar-refractivity contribution in [3.8, 4) is 5.75 Å². The van der Waals surface area contributed by atoms with Crippen LogP contribution in [0.3, 0.4) is 0 Å². The molecule has 0 radical (unpaired) electrons. The SMILES string of the molecule is CCCOc1cccc(/C(O)=C2/C(=O)C(=O)N(c3ccccc3C)C2c2ccc(C)o2)c1. The third-order valence-corrected chi connectivity index (χ3v) is 5.43. The summed E-state index contributed by atoms with van der Waals surface area (Å²) in [6.07, 6.45) is 0.843. The van der Waals surface area contributed by atoms with E-state index in [0.29, 0.717) is 35.1 Å². The van der Waals surface area contributed by atoms with E-state index in [0.717, 1.165) is 12.0 Å². The molecule has 3 aromatic rings. The molecule has 32 heavy (non-hydrogen) atoms. The number of benzene rings is 2. The second-order valence-electron chi connectivity index (χ2n) is 7.78. The lowest BCUT2D eigenvalue weighted by molar-refractivity contribution is -0.132. The Balaban J connectivity index is 1.89. The standard InChI is InChI=1S/C26H25NO5/c1-4-14-31-19-10-7-9-18(15-19)24(28)22-23(21-13-12-17(3)32-21)27(26(30)25(22)29)20-11-6-5-8-16(20)2/h5-13,15,23,28H,4,14H2,1-3H3/b24-22-. The number of furan rings is 1. The quantitative estimate of drug-likeness (QED) is 0.325. The molecule has 1 saturated heterocycles. The molecule has 2 aromatic carbocycles. The first-order chi connectivity index (χ1) is 15.4. The maximum Gasteiger partial charge on any atom is 0.300 e. The molecule has 6 heteroatoms. The highest BCUT2D eigenvalue weighted by Gasteiger charge is 2.48. The van der Waals surface area contributed by atoms with E-state index in [2.05, 4.69) is 0 Å². The van der Waals surface area contributed by atoms with E-state index >= 15 is 0 Å². The summed E-state index contributed by atoms with van der Waals surface area (Å²) in [4.78, 5) is 27.8. The number of anilines is 1. The number of amides is 1. The first-order valence-corrected chi connectivity index (χ1v) is 10.6. The smallest absolute Gasteiger partial charge is 0.300 e. The van der Waals surface area contributed by atoms with Crippen LogP contribution in [-0.2, 0) is 9.59 Å². The summed E-state index contributed by atoms with van der Waals surface area (Å²) in [5, 5.41) is 11.2. The summed E-state index contributed by atoms with van der Waals surface area (Å²) in [6.45, 7) is 6.20. The van der Waals surface area contributed by atoms with E-state index in [1.165, 1.54) is 4.90 Å². The average molecular weight is 431 g/mol. The van der Waals surface area contributed by atoms with Gasteiger partial charge in [0, 0.05) is 11.3 Å². The first-order valence-electron chi connectivity index (χ1n) is 10.6. The minimum absolute atomic E-state index is 0.0137. The lowest BCUT2D eigenvalue weighted by atomic mass is 9.99. The number of rotatable bonds is 6. The van der Waals surface area contributed by atoms with Crippen LogP contribution in [-0.4, -0.2) is 23.4 Å². The van der Waals surface area contributed by atoms with Crippen LogP contribution in [0.15, 0.2) is 70.7 Å². The Morgan fingerprint density at radius 3 is 2.53 bits per heavy atom. The monoisotopic (exact) mass is 431 g/mol. The molecule has 0 spiro atoms. The van der Waals surface area contributed by atoms with Crippen molar-refractivity contribution in [2.24, 2.45) is 0 Å². The molecule has 1 N–H and O–H groups in total. The Morgan fingerprint density at radius 2 is 1.84 bits per heavy atom. The number of aliphatic hydroxyl groups excluding tert-OH is 1. The third-order valence-electron chi connectivity index (χ3n) is 5.43. The maximum absolute atomic E-state index is 13.2. The van der Waals surface area contributed by atoms with Crippen molar-refractivity contribution >= 4 is 23.1 Å². The minimum atomic E-state index is -0.884. The molecule has 1 atom stereocenters. The Kier molecular flexibility index (Phi) is 5.86. The summed E-state index contributed by atoms with van der Waals surface area (Å²) >= 11 is 0. The van der Waals surface area contributed by atoms with Gasteiger partial charge >= 0.3 is 0 Å². The van der Waals surface area contributed by atoms with Crippen molar-refractivity contribution in [2.75, 3.05) is 11.5 Å². The molecule has 164 valence electrons. The van der Waals surface area contributed by atoms with Crippen LogP contribution in [0.4, 0.5) is 5.69 Å². The molecular weight excluding hydrogens is 406 g/mol. The summed E-state index contributed by atoms with van der Waals surface area (Å²) in [7, 11) is 0. The van der Waals surface area contributed by atoms with Gasteiger partial charge in [-0.2, -0.15) is 0 Å². The first kappa shape index (κ1) is 21.4. The lowest BCUT2D eigenvalue weighted by Gasteiger charge is -2.25. The van der Waals surface area contributed by atoms with Gasteiger partial charge in [0.2, 0.25) is 0 Å². The number of Topliss-reactive ketones (excluding diaryl/α,β-unsaturated/α-hetero) is 1. The molecule has 6 nitrogen and oxygen atoms in total. The van der Waals surface area contributed by atoms with Gasteiger partial charge in [0.25, 0.3) is 11.7 Å². The summed E-state index contributed by atoms with van der Waals surface area (Å²) < 4.78 is 11.5. The number of para-hydroxylation sites is 1. The molecule has 1 aliphatic rings. The van der Waals surface area contributed by atoms with E-state index in [1.807, 2.05) is 26.0 Å². The molecular formula is C26H25NO5. The molecule has 2 heterocycles. The minimum Gasteiger partial charge on any atom is -0.507 e. The number of ketones is 1. The van der Waals surface area contributed by atoms with Crippen molar-refractivity contribution in [1.29, 1.82) is 0 Å². The number of ether oxygens (including phenoxy) is 1. The van der Waals surface area contributed by atoms with Crippen LogP contribution < -0.4 is 9.64 Å². The number of hydrogen-bond donors (Lipinski definition) is 1. The fourth-order valence-corrected chi connectivity index (χ4v) is 3.89. The van der Waals surface area contributed by atoms with Crippen LogP contribution in [0.5, 0.6) is 5.75 Å².